The monoisotopic (exact) mass is 1160 g/mol. The first-order valence-corrected chi connectivity index (χ1v) is 37.0. The van der Waals surface area contributed by atoms with Crippen LogP contribution in [0.4, 0.5) is 0 Å². The summed E-state index contributed by atoms with van der Waals surface area (Å²) in [5.41, 5.74) is 8.22. The maximum atomic E-state index is 2.62. The lowest BCUT2D eigenvalue weighted by atomic mass is 9.50. The molecule has 0 saturated heterocycles. The number of hydrogen-bond donors (Lipinski definition) is 0. The molecule has 0 spiro atoms. The van der Waals surface area contributed by atoms with Crippen molar-refractivity contribution in [3.05, 3.63) is 156 Å². The highest BCUT2D eigenvalue weighted by atomic mass is 14.7. The minimum atomic E-state index is 0.0574. The Morgan fingerprint density at radius 3 is 0.767 bits per heavy atom. The Balaban J connectivity index is 0.736. The quantitative estimate of drug-likeness (QED) is 0.0775. The molecule has 16 unspecified atom stereocenters. The molecule has 0 heteroatoms. The maximum absolute atomic E-state index is 2.62. The molecule has 0 aromatic heterocycles. The molecule has 8 aliphatic carbocycles. The first-order valence-electron chi connectivity index (χ1n) is 37.0. The number of benzene rings is 4. The molecule has 16 atom stereocenters. The number of unbranched alkanes of at least 4 members (excludes halogenated alkanes) is 2. The molecule has 0 N–H and O–H groups in total. The predicted molar refractivity (Wildman–Crippen MR) is 368 cm³/mol. The van der Waals surface area contributed by atoms with Gasteiger partial charge in [-0.05, 0) is 279 Å². The van der Waals surface area contributed by atoms with Crippen LogP contribution in [-0.2, 0) is 10.8 Å². The van der Waals surface area contributed by atoms with Gasteiger partial charge >= 0.3 is 0 Å². The van der Waals surface area contributed by atoms with Crippen molar-refractivity contribution in [2.75, 3.05) is 0 Å². The fourth-order valence-corrected chi connectivity index (χ4v) is 24.1. The summed E-state index contributed by atoms with van der Waals surface area (Å²) in [6.45, 7) is 30.9. The van der Waals surface area contributed by atoms with Gasteiger partial charge in [0.05, 0.1) is 0 Å². The zero-order chi connectivity index (χ0) is 60.2. The van der Waals surface area contributed by atoms with Crippen molar-refractivity contribution in [3.8, 4) is 0 Å². The van der Waals surface area contributed by atoms with Crippen molar-refractivity contribution < 1.29 is 0 Å². The van der Waals surface area contributed by atoms with Gasteiger partial charge in [-0.15, -0.1) is 0 Å². The first-order chi connectivity index (χ1) is 41.2. The molecular formula is C86H124. The maximum Gasteiger partial charge on any atom is 0.0264 e. The van der Waals surface area contributed by atoms with Gasteiger partial charge in [0.25, 0.3) is 0 Å². The summed E-state index contributed by atoms with van der Waals surface area (Å²) >= 11 is 0. The highest BCUT2D eigenvalue weighted by Gasteiger charge is 2.66. The van der Waals surface area contributed by atoms with Crippen LogP contribution in [0.5, 0.6) is 0 Å². The normalized spacial score (nSPS) is 35.3. The molecule has 4 aromatic rings. The van der Waals surface area contributed by atoms with E-state index in [0.717, 1.165) is 82.9 Å². The van der Waals surface area contributed by atoms with E-state index in [1.165, 1.54) is 154 Å². The smallest absolute Gasteiger partial charge is 0.0264 e. The van der Waals surface area contributed by atoms with E-state index in [1.54, 1.807) is 22.3 Å². The minimum absolute atomic E-state index is 0.0574. The van der Waals surface area contributed by atoms with Gasteiger partial charge in [-0.1, -0.05) is 242 Å². The summed E-state index contributed by atoms with van der Waals surface area (Å²) in [5.74, 6) is 14.6. The molecule has 0 aliphatic heterocycles. The van der Waals surface area contributed by atoms with Crippen molar-refractivity contribution in [2.24, 2.45) is 128 Å². The summed E-state index contributed by atoms with van der Waals surface area (Å²) in [6.07, 6.45) is 39.1. The van der Waals surface area contributed by atoms with Crippen molar-refractivity contribution >= 4 is 0 Å². The molecule has 468 valence electrons. The van der Waals surface area contributed by atoms with Crippen LogP contribution in [0.15, 0.2) is 133 Å². The lowest BCUT2D eigenvalue weighted by molar-refractivity contribution is 0.0419. The average molecular weight is 1160 g/mol. The van der Waals surface area contributed by atoms with E-state index in [2.05, 4.69) is 217 Å². The summed E-state index contributed by atoms with van der Waals surface area (Å²) in [6, 6.07) is 49.4. The molecule has 0 amide bonds. The molecule has 0 bridgehead atoms. The van der Waals surface area contributed by atoms with Crippen molar-refractivity contribution in [3.63, 3.8) is 0 Å². The van der Waals surface area contributed by atoms with E-state index in [1.807, 2.05) is 0 Å². The number of fused-ring (bicyclic) bond motifs is 6. The van der Waals surface area contributed by atoms with Gasteiger partial charge in [0.2, 0.25) is 0 Å². The molecule has 8 saturated carbocycles. The van der Waals surface area contributed by atoms with Crippen molar-refractivity contribution in [1.82, 2.24) is 0 Å². The first kappa shape index (κ1) is 62.8. The van der Waals surface area contributed by atoms with E-state index in [4.69, 9.17) is 0 Å². The second-order valence-corrected chi connectivity index (χ2v) is 36.2. The lowest BCUT2D eigenvalue weighted by Crippen LogP contribution is -2.49. The van der Waals surface area contributed by atoms with Gasteiger partial charge in [0, 0.05) is 10.8 Å². The highest BCUT2D eigenvalue weighted by molar-refractivity contribution is 5.46. The molecule has 86 heavy (non-hydrogen) atoms. The topological polar surface area (TPSA) is 0 Å². The minimum Gasteiger partial charge on any atom is -0.0885 e. The molecular weight excluding hydrogens is 1030 g/mol. The van der Waals surface area contributed by atoms with E-state index >= 15 is 0 Å². The number of hydrogen-bond acceptors (Lipinski definition) is 0. The molecule has 0 heterocycles. The van der Waals surface area contributed by atoms with Gasteiger partial charge in [-0.3, -0.25) is 0 Å². The van der Waals surface area contributed by atoms with Crippen LogP contribution in [0.25, 0.3) is 0 Å². The fourth-order valence-electron chi connectivity index (χ4n) is 24.1. The molecule has 12 rings (SSSR count). The predicted octanol–water partition coefficient (Wildman–Crippen LogP) is 24.3. The van der Waals surface area contributed by atoms with Crippen LogP contribution in [0.2, 0.25) is 0 Å². The molecule has 8 fully saturated rings. The van der Waals surface area contributed by atoms with E-state index < -0.39 is 0 Å². The third kappa shape index (κ3) is 12.1. The van der Waals surface area contributed by atoms with Gasteiger partial charge in [-0.25, -0.2) is 0 Å². The fraction of sp³-hybridized carbons (Fsp3) is 0.698. The zero-order valence-electron chi connectivity index (χ0n) is 57.1. The summed E-state index contributed by atoms with van der Waals surface area (Å²) < 4.78 is 0. The third-order valence-corrected chi connectivity index (χ3v) is 28.2. The highest BCUT2D eigenvalue weighted by Crippen LogP contribution is 2.72. The standard InChI is InChI=1S/C86H124/c1-81(2,3)65-45-49-71-72-50-46-66(82(4,5)6)56-76(72)79(75(71)55-65)85(61-33-23-17-24-34-61,62-35-25-18-26-36-62)69-43-41-59(53-69)31-21-15-13-14-16-22-32-60-42-44-70(54-60)86(63-37-27-19-28-38-63,64-39-29-20-30-40-64)80-77-57-67(83(7,8)9)47-51-73(77)74-52-48-68(58-78(74)80)84(10,11)12/h13-14,17-20,23-30,33-40,59-60,65-80H,15-16,21-22,31-32,41-58H2,1-12H3. The van der Waals surface area contributed by atoms with Crippen LogP contribution < -0.4 is 0 Å². The Morgan fingerprint density at radius 1 is 0.279 bits per heavy atom. The Labute approximate surface area is 528 Å². The Hall–Kier alpha value is -3.38. The lowest BCUT2D eigenvalue weighted by Gasteiger charge is -2.53. The van der Waals surface area contributed by atoms with Crippen molar-refractivity contribution in [2.45, 2.75) is 248 Å². The van der Waals surface area contributed by atoms with Crippen LogP contribution >= 0.6 is 0 Å². The van der Waals surface area contributed by atoms with Gasteiger partial charge < -0.3 is 0 Å². The largest absolute Gasteiger partial charge is 0.0885 e. The molecule has 0 radical (unpaired) electrons. The SMILES string of the molecule is CC(C)(C)C1CCC2C3CCC(C(C)(C)C)CC3C(C(c3ccccc3)(c3ccccc3)C3CCC(CCCC=CCCCC4CCC(C(c5ccccc5)(c5ccccc5)C5C6CC(C(C)(C)C)CCC6C6CCC(C(C)(C)C)CC65)C4)C3)C2C1. The van der Waals surface area contributed by atoms with Crippen molar-refractivity contribution in [1.29, 1.82) is 0 Å². The summed E-state index contributed by atoms with van der Waals surface area (Å²) in [4.78, 5) is 0. The molecule has 0 nitrogen and oxygen atoms in total. The average Bonchev–Trinajstić information content (AvgIpc) is 1.50. The molecule has 4 aromatic carbocycles. The Morgan fingerprint density at radius 2 is 0.523 bits per heavy atom. The molecule has 8 aliphatic rings. The summed E-state index contributed by atoms with van der Waals surface area (Å²) in [5, 5.41) is 0. The van der Waals surface area contributed by atoms with Crippen LogP contribution in [0, 0.1) is 128 Å². The van der Waals surface area contributed by atoms with Crippen LogP contribution in [0.1, 0.15) is 259 Å². The second-order valence-electron chi connectivity index (χ2n) is 36.2. The number of rotatable bonds is 16. The van der Waals surface area contributed by atoms with Gasteiger partial charge in [0.15, 0.2) is 0 Å². The second kappa shape index (κ2) is 25.4. The summed E-state index contributed by atoms with van der Waals surface area (Å²) in [7, 11) is 0. The zero-order valence-corrected chi connectivity index (χ0v) is 57.1. The van der Waals surface area contributed by atoms with E-state index in [0.29, 0.717) is 45.3 Å². The van der Waals surface area contributed by atoms with E-state index in [-0.39, 0.29) is 10.8 Å². The Bertz CT molecular complexity index is 2440. The van der Waals surface area contributed by atoms with Crippen LogP contribution in [-0.4, -0.2) is 0 Å². The van der Waals surface area contributed by atoms with Gasteiger partial charge in [0.1, 0.15) is 0 Å². The third-order valence-electron chi connectivity index (χ3n) is 28.2. The van der Waals surface area contributed by atoms with E-state index in [9.17, 15) is 0 Å². The van der Waals surface area contributed by atoms with Gasteiger partial charge in [-0.2, -0.15) is 0 Å². The number of allylic oxidation sites excluding steroid dienone is 2. The van der Waals surface area contributed by atoms with Crippen LogP contribution in [0.3, 0.4) is 0 Å². The Kier molecular flexibility index (Phi) is 18.5.